The van der Waals surface area contributed by atoms with E-state index < -0.39 is 10.0 Å². The molecule has 4 rings (SSSR count). The standard InChI is InChI=1S/C25H26N2O4S2/c28-24(19-32-25(20-8-3-1-4-9-20)21-10-5-2-6-11-21)26-22-12-7-13-23(18-22)33(29,30)27-14-16-31-17-15-27/h1-13,18,25H,14-17,19H2,(H,26,28). The molecule has 0 atom stereocenters. The Morgan fingerprint density at radius 3 is 2.12 bits per heavy atom. The van der Waals surface area contributed by atoms with Crippen molar-refractivity contribution in [2.45, 2.75) is 10.1 Å². The minimum Gasteiger partial charge on any atom is -0.379 e. The third-order valence-electron chi connectivity index (χ3n) is 5.31. The zero-order valence-electron chi connectivity index (χ0n) is 18.1. The van der Waals surface area contributed by atoms with Gasteiger partial charge in [0.1, 0.15) is 0 Å². The van der Waals surface area contributed by atoms with Gasteiger partial charge in [-0.3, -0.25) is 4.79 Å². The van der Waals surface area contributed by atoms with Crippen LogP contribution in [-0.2, 0) is 19.6 Å². The molecule has 1 saturated heterocycles. The van der Waals surface area contributed by atoms with Crippen molar-refractivity contribution < 1.29 is 17.9 Å². The number of morpholine rings is 1. The lowest BCUT2D eigenvalue weighted by atomic mass is 10.0. The van der Waals surface area contributed by atoms with Gasteiger partial charge in [0.2, 0.25) is 15.9 Å². The van der Waals surface area contributed by atoms with E-state index in [4.69, 9.17) is 4.74 Å². The van der Waals surface area contributed by atoms with E-state index in [0.717, 1.165) is 11.1 Å². The van der Waals surface area contributed by atoms with E-state index >= 15 is 0 Å². The van der Waals surface area contributed by atoms with Crippen molar-refractivity contribution in [2.24, 2.45) is 0 Å². The van der Waals surface area contributed by atoms with Crippen LogP contribution in [0.25, 0.3) is 0 Å². The maximum absolute atomic E-state index is 12.9. The Bertz CT molecular complexity index is 1130. The first-order chi connectivity index (χ1) is 16.0. The maximum Gasteiger partial charge on any atom is 0.243 e. The summed E-state index contributed by atoms with van der Waals surface area (Å²) in [5, 5.41) is 2.87. The molecule has 172 valence electrons. The number of carbonyl (C=O) groups is 1. The number of sulfonamides is 1. The SMILES string of the molecule is O=C(CSC(c1ccccc1)c1ccccc1)Nc1cccc(S(=O)(=O)N2CCOCC2)c1. The molecular weight excluding hydrogens is 456 g/mol. The maximum atomic E-state index is 12.9. The summed E-state index contributed by atoms with van der Waals surface area (Å²) in [6.45, 7) is 1.43. The molecule has 8 heteroatoms. The Morgan fingerprint density at radius 2 is 1.52 bits per heavy atom. The highest BCUT2D eigenvalue weighted by molar-refractivity contribution is 8.00. The quantitative estimate of drug-likeness (QED) is 0.522. The van der Waals surface area contributed by atoms with Gasteiger partial charge in [0.15, 0.2) is 0 Å². The molecule has 6 nitrogen and oxygen atoms in total. The summed E-state index contributed by atoms with van der Waals surface area (Å²) in [4.78, 5) is 12.9. The lowest BCUT2D eigenvalue weighted by Gasteiger charge is -2.26. The van der Waals surface area contributed by atoms with Gasteiger partial charge in [0.05, 0.1) is 29.1 Å². The molecular formula is C25H26N2O4S2. The highest BCUT2D eigenvalue weighted by Gasteiger charge is 2.26. The highest BCUT2D eigenvalue weighted by Crippen LogP contribution is 2.35. The number of carbonyl (C=O) groups excluding carboxylic acids is 1. The summed E-state index contributed by atoms with van der Waals surface area (Å²) in [6.07, 6.45) is 0. The molecule has 33 heavy (non-hydrogen) atoms. The molecule has 0 aromatic heterocycles. The van der Waals surface area contributed by atoms with Crippen molar-refractivity contribution in [1.82, 2.24) is 4.31 Å². The van der Waals surface area contributed by atoms with E-state index in [2.05, 4.69) is 29.6 Å². The predicted molar refractivity (Wildman–Crippen MR) is 132 cm³/mol. The van der Waals surface area contributed by atoms with Gasteiger partial charge in [0.25, 0.3) is 0 Å². The van der Waals surface area contributed by atoms with Gasteiger partial charge in [-0.05, 0) is 29.3 Å². The Morgan fingerprint density at radius 1 is 0.909 bits per heavy atom. The number of hydrogen-bond acceptors (Lipinski definition) is 5. The smallest absolute Gasteiger partial charge is 0.243 e. The molecule has 0 bridgehead atoms. The third kappa shape index (κ3) is 6.03. The second kappa shape index (κ2) is 11.0. The molecule has 1 aliphatic rings. The monoisotopic (exact) mass is 482 g/mol. The fourth-order valence-corrected chi connectivity index (χ4v) is 6.21. The summed E-state index contributed by atoms with van der Waals surface area (Å²) in [5.74, 6) is 0.0484. The van der Waals surface area contributed by atoms with Crippen molar-refractivity contribution in [3.8, 4) is 0 Å². The van der Waals surface area contributed by atoms with Crippen LogP contribution in [-0.4, -0.2) is 50.7 Å². The fraction of sp³-hybridized carbons (Fsp3) is 0.240. The van der Waals surface area contributed by atoms with Gasteiger partial charge in [0, 0.05) is 18.8 Å². The third-order valence-corrected chi connectivity index (χ3v) is 8.51. The Labute approximate surface area is 199 Å². The summed E-state index contributed by atoms with van der Waals surface area (Å²) < 4.78 is 32.5. The molecule has 1 fully saturated rings. The van der Waals surface area contributed by atoms with Crippen LogP contribution in [0.5, 0.6) is 0 Å². The zero-order valence-corrected chi connectivity index (χ0v) is 19.7. The van der Waals surface area contributed by atoms with Crippen molar-refractivity contribution in [1.29, 1.82) is 0 Å². The number of amides is 1. The van der Waals surface area contributed by atoms with E-state index in [1.54, 1.807) is 18.2 Å². The number of ether oxygens (including phenoxy) is 1. The van der Waals surface area contributed by atoms with Crippen LogP contribution in [0, 0.1) is 0 Å². The average molecular weight is 483 g/mol. The van der Waals surface area contributed by atoms with Crippen LogP contribution in [0.4, 0.5) is 5.69 Å². The van der Waals surface area contributed by atoms with E-state index in [1.165, 1.54) is 22.1 Å². The summed E-state index contributed by atoms with van der Waals surface area (Å²) in [5.41, 5.74) is 2.71. The lowest BCUT2D eigenvalue weighted by molar-refractivity contribution is -0.113. The van der Waals surface area contributed by atoms with Crippen LogP contribution in [0.1, 0.15) is 16.4 Å². The molecule has 3 aromatic carbocycles. The van der Waals surface area contributed by atoms with Crippen molar-refractivity contribution in [3.63, 3.8) is 0 Å². The number of rotatable bonds is 8. The second-order valence-corrected chi connectivity index (χ2v) is 10.6. The first-order valence-electron chi connectivity index (χ1n) is 10.7. The molecule has 0 spiro atoms. The van der Waals surface area contributed by atoms with Crippen LogP contribution >= 0.6 is 11.8 Å². The van der Waals surface area contributed by atoms with Crippen LogP contribution < -0.4 is 5.32 Å². The molecule has 0 aliphatic carbocycles. The van der Waals surface area contributed by atoms with Gasteiger partial charge in [-0.25, -0.2) is 8.42 Å². The summed E-state index contributed by atoms with van der Waals surface area (Å²) >= 11 is 1.54. The number of nitrogens with one attached hydrogen (secondary N) is 1. The molecule has 3 aromatic rings. The molecule has 0 unspecified atom stereocenters. The lowest BCUT2D eigenvalue weighted by Crippen LogP contribution is -2.40. The molecule has 1 N–H and O–H groups in total. The number of benzene rings is 3. The summed E-state index contributed by atoms with van der Waals surface area (Å²) in [6, 6.07) is 26.6. The van der Waals surface area contributed by atoms with Gasteiger partial charge in [-0.15, -0.1) is 11.8 Å². The Hall–Kier alpha value is -2.65. The van der Waals surface area contributed by atoms with E-state index in [-0.39, 0.29) is 21.8 Å². The first-order valence-corrected chi connectivity index (χ1v) is 13.2. The van der Waals surface area contributed by atoms with E-state index in [9.17, 15) is 13.2 Å². The van der Waals surface area contributed by atoms with Crippen molar-refractivity contribution in [3.05, 3.63) is 96.1 Å². The number of anilines is 1. The normalized spacial score (nSPS) is 14.8. The number of nitrogens with zero attached hydrogens (tertiary/aromatic N) is 1. The highest BCUT2D eigenvalue weighted by atomic mass is 32.2. The van der Waals surface area contributed by atoms with Gasteiger partial charge in [-0.2, -0.15) is 4.31 Å². The minimum atomic E-state index is -3.62. The Kier molecular flexibility index (Phi) is 7.82. The Balaban J connectivity index is 1.43. The zero-order chi connectivity index (χ0) is 23.1. The van der Waals surface area contributed by atoms with E-state index in [0.29, 0.717) is 32.0 Å². The van der Waals surface area contributed by atoms with Crippen LogP contribution in [0.2, 0.25) is 0 Å². The van der Waals surface area contributed by atoms with Gasteiger partial charge >= 0.3 is 0 Å². The van der Waals surface area contributed by atoms with Gasteiger partial charge in [-0.1, -0.05) is 66.7 Å². The van der Waals surface area contributed by atoms with Crippen LogP contribution in [0.3, 0.4) is 0 Å². The summed E-state index contributed by atoms with van der Waals surface area (Å²) in [7, 11) is -3.62. The second-order valence-electron chi connectivity index (χ2n) is 7.60. The van der Waals surface area contributed by atoms with Crippen molar-refractivity contribution in [2.75, 3.05) is 37.4 Å². The van der Waals surface area contributed by atoms with Crippen LogP contribution in [0.15, 0.2) is 89.8 Å². The molecule has 1 amide bonds. The molecule has 1 aliphatic heterocycles. The number of thioether (sulfide) groups is 1. The molecule has 0 radical (unpaired) electrons. The van der Waals surface area contributed by atoms with E-state index in [1.807, 2.05) is 36.4 Å². The largest absolute Gasteiger partial charge is 0.379 e. The first kappa shape index (κ1) is 23.5. The fourth-order valence-electron chi connectivity index (χ4n) is 3.67. The average Bonchev–Trinajstić information content (AvgIpc) is 2.86. The minimum absolute atomic E-state index is 0.0196. The predicted octanol–water partition coefficient (Wildman–Crippen LogP) is 4.17. The van der Waals surface area contributed by atoms with Gasteiger partial charge < -0.3 is 10.1 Å². The molecule has 1 heterocycles. The molecule has 0 saturated carbocycles. The van der Waals surface area contributed by atoms with Crippen molar-refractivity contribution >= 4 is 33.4 Å². The topological polar surface area (TPSA) is 75.7 Å². The number of hydrogen-bond donors (Lipinski definition) is 1.